The van der Waals surface area contributed by atoms with Crippen molar-refractivity contribution in [3.8, 4) is 0 Å². The zero-order chi connectivity index (χ0) is 7.98. The molecule has 10 heavy (non-hydrogen) atoms. The fourth-order valence-electron chi connectivity index (χ4n) is 0.544. The molecule has 2 heteroatoms. The van der Waals surface area contributed by atoms with Crippen molar-refractivity contribution in [1.82, 2.24) is 0 Å². The van der Waals surface area contributed by atoms with Gasteiger partial charge < -0.3 is 0 Å². The molecule has 0 rings (SSSR count). The van der Waals surface area contributed by atoms with Crippen LogP contribution in [0, 0.1) is 0 Å². The lowest BCUT2D eigenvalue weighted by Crippen LogP contribution is -1.73. The van der Waals surface area contributed by atoms with E-state index in [9.17, 15) is 8.78 Å². The largest absolute Gasteiger partial charge is 0.204 e. The number of allylic oxidation sites excluding steroid dienone is 3. The summed E-state index contributed by atoms with van der Waals surface area (Å²) in [5, 5.41) is 0. The van der Waals surface area contributed by atoms with Crippen molar-refractivity contribution in [2.75, 3.05) is 0 Å². The summed E-state index contributed by atoms with van der Waals surface area (Å²) in [6.45, 7) is 4.82. The molecule has 0 atom stereocenters. The summed E-state index contributed by atoms with van der Waals surface area (Å²) in [5.74, 6) is -1.80. The highest BCUT2D eigenvalue weighted by Gasteiger charge is 1.96. The average molecular weight is 146 g/mol. The Morgan fingerprint density at radius 1 is 1.50 bits per heavy atom. The molecule has 58 valence electrons. The van der Waals surface area contributed by atoms with E-state index in [0.29, 0.717) is 6.42 Å². The topological polar surface area (TPSA) is 0 Å². The van der Waals surface area contributed by atoms with E-state index in [1.165, 1.54) is 6.08 Å². The van der Waals surface area contributed by atoms with Gasteiger partial charge in [0.25, 0.3) is 0 Å². The minimum absolute atomic E-state index is 0.589. The van der Waals surface area contributed by atoms with Crippen molar-refractivity contribution in [2.45, 2.75) is 26.2 Å². The first-order valence-corrected chi connectivity index (χ1v) is 3.39. The fraction of sp³-hybridized carbons (Fsp3) is 0.500. The van der Waals surface area contributed by atoms with Gasteiger partial charge in [-0.3, -0.25) is 0 Å². The van der Waals surface area contributed by atoms with E-state index in [2.05, 4.69) is 6.58 Å². The Bertz CT molecular complexity index is 136. The third-order valence-corrected chi connectivity index (χ3v) is 1.14. The second kappa shape index (κ2) is 5.15. The van der Waals surface area contributed by atoms with Crippen molar-refractivity contribution in [3.63, 3.8) is 0 Å². The normalized spacial score (nSPS) is 11.7. The van der Waals surface area contributed by atoms with Crippen LogP contribution in [0.3, 0.4) is 0 Å². The molecular weight excluding hydrogens is 134 g/mol. The summed E-state index contributed by atoms with van der Waals surface area (Å²) >= 11 is 0. The number of hydrogen-bond donors (Lipinski definition) is 0. The summed E-state index contributed by atoms with van der Waals surface area (Å²) in [7, 11) is 0. The zero-order valence-corrected chi connectivity index (χ0v) is 6.16. The molecule has 0 saturated carbocycles. The maximum Gasteiger partial charge on any atom is 0.154 e. The van der Waals surface area contributed by atoms with E-state index in [0.717, 1.165) is 12.8 Å². The number of hydrogen-bond acceptors (Lipinski definition) is 0. The van der Waals surface area contributed by atoms with E-state index >= 15 is 0 Å². The van der Waals surface area contributed by atoms with E-state index in [1.807, 2.05) is 6.92 Å². The highest BCUT2D eigenvalue weighted by atomic mass is 19.2. The summed E-state index contributed by atoms with van der Waals surface area (Å²) < 4.78 is 24.1. The Labute approximate surface area is 60.2 Å². The van der Waals surface area contributed by atoms with Crippen LogP contribution in [-0.2, 0) is 0 Å². The zero-order valence-electron chi connectivity index (χ0n) is 6.16. The van der Waals surface area contributed by atoms with Crippen LogP contribution in [-0.4, -0.2) is 0 Å². The van der Waals surface area contributed by atoms with Crippen LogP contribution >= 0.6 is 0 Å². The van der Waals surface area contributed by atoms with Gasteiger partial charge in [-0.2, -0.15) is 0 Å². The van der Waals surface area contributed by atoms with Crippen LogP contribution in [0.5, 0.6) is 0 Å². The highest BCUT2D eigenvalue weighted by Crippen LogP contribution is 2.11. The minimum Gasteiger partial charge on any atom is -0.204 e. The molecule has 0 unspecified atom stereocenters. The molecule has 0 spiro atoms. The molecular formula is C8H12F2. The SMILES string of the molecule is C=C(F)C(F)=CCCCC. The smallest absolute Gasteiger partial charge is 0.154 e. The molecule has 0 nitrogen and oxygen atoms in total. The highest BCUT2D eigenvalue weighted by molar-refractivity contribution is 5.14. The molecule has 0 heterocycles. The van der Waals surface area contributed by atoms with Crippen molar-refractivity contribution in [3.05, 3.63) is 24.3 Å². The first-order chi connectivity index (χ1) is 4.68. The Morgan fingerprint density at radius 2 is 2.10 bits per heavy atom. The van der Waals surface area contributed by atoms with Gasteiger partial charge in [-0.15, -0.1) is 0 Å². The molecule has 0 aliphatic carbocycles. The van der Waals surface area contributed by atoms with Gasteiger partial charge in [0.05, 0.1) is 0 Å². The van der Waals surface area contributed by atoms with Gasteiger partial charge in [0.2, 0.25) is 0 Å². The van der Waals surface area contributed by atoms with Crippen LogP contribution < -0.4 is 0 Å². The standard InChI is InChI=1S/C8H12F2/c1-3-4-5-6-8(10)7(2)9/h6H,2-5H2,1H3. The van der Waals surface area contributed by atoms with E-state index in [1.54, 1.807) is 0 Å². The Balaban J connectivity index is 3.58. The van der Waals surface area contributed by atoms with Crippen LogP contribution in [0.25, 0.3) is 0 Å². The Kier molecular flexibility index (Phi) is 4.81. The number of unbranched alkanes of at least 4 members (excludes halogenated alkanes) is 2. The lowest BCUT2D eigenvalue weighted by Gasteiger charge is -1.90. The van der Waals surface area contributed by atoms with E-state index < -0.39 is 11.7 Å². The van der Waals surface area contributed by atoms with Gasteiger partial charge in [0, 0.05) is 0 Å². The van der Waals surface area contributed by atoms with Crippen LogP contribution in [0.4, 0.5) is 8.78 Å². The van der Waals surface area contributed by atoms with Gasteiger partial charge >= 0.3 is 0 Å². The van der Waals surface area contributed by atoms with Crippen molar-refractivity contribution in [2.24, 2.45) is 0 Å². The predicted octanol–water partition coefficient (Wildman–Crippen LogP) is 3.51. The number of halogens is 2. The molecule has 0 aliphatic rings. The summed E-state index contributed by atoms with van der Waals surface area (Å²) in [5.41, 5.74) is 0. The Hall–Kier alpha value is -0.660. The molecule has 0 bridgehead atoms. The van der Waals surface area contributed by atoms with Crippen molar-refractivity contribution < 1.29 is 8.78 Å². The molecule has 0 fully saturated rings. The molecule has 0 radical (unpaired) electrons. The van der Waals surface area contributed by atoms with Gasteiger partial charge in [0.1, 0.15) is 0 Å². The lowest BCUT2D eigenvalue weighted by atomic mass is 10.2. The average Bonchev–Trinajstić information content (AvgIpc) is 1.88. The van der Waals surface area contributed by atoms with Crippen molar-refractivity contribution in [1.29, 1.82) is 0 Å². The van der Waals surface area contributed by atoms with Crippen LogP contribution in [0.15, 0.2) is 24.3 Å². The first-order valence-electron chi connectivity index (χ1n) is 3.39. The quantitative estimate of drug-likeness (QED) is 0.420. The van der Waals surface area contributed by atoms with Gasteiger partial charge in [-0.25, -0.2) is 8.78 Å². The minimum atomic E-state index is -0.976. The molecule has 0 aromatic heterocycles. The van der Waals surface area contributed by atoms with Gasteiger partial charge in [-0.1, -0.05) is 19.9 Å². The predicted molar refractivity (Wildman–Crippen MR) is 39.0 cm³/mol. The summed E-state index contributed by atoms with van der Waals surface area (Å²) in [6.07, 6.45) is 3.69. The molecule has 0 aliphatic heterocycles. The molecule has 0 aromatic carbocycles. The van der Waals surface area contributed by atoms with E-state index in [-0.39, 0.29) is 0 Å². The van der Waals surface area contributed by atoms with Crippen LogP contribution in [0.2, 0.25) is 0 Å². The monoisotopic (exact) mass is 146 g/mol. The van der Waals surface area contributed by atoms with Gasteiger partial charge in [-0.05, 0) is 18.9 Å². The number of rotatable bonds is 4. The maximum absolute atomic E-state index is 12.2. The third kappa shape index (κ3) is 4.24. The molecule has 0 N–H and O–H groups in total. The second-order valence-corrected chi connectivity index (χ2v) is 2.10. The van der Waals surface area contributed by atoms with Crippen molar-refractivity contribution >= 4 is 0 Å². The third-order valence-electron chi connectivity index (χ3n) is 1.14. The maximum atomic E-state index is 12.2. The molecule has 0 amide bonds. The van der Waals surface area contributed by atoms with Gasteiger partial charge in [0.15, 0.2) is 11.7 Å². The van der Waals surface area contributed by atoms with Crippen LogP contribution in [0.1, 0.15) is 26.2 Å². The lowest BCUT2D eigenvalue weighted by molar-refractivity contribution is 0.543. The van der Waals surface area contributed by atoms with E-state index in [4.69, 9.17) is 0 Å². The fourth-order valence-corrected chi connectivity index (χ4v) is 0.544. The summed E-state index contributed by atoms with van der Waals surface area (Å²) in [4.78, 5) is 0. The first kappa shape index (κ1) is 9.34. The molecule has 0 aromatic rings. The Morgan fingerprint density at radius 3 is 2.50 bits per heavy atom. The summed E-state index contributed by atoms with van der Waals surface area (Å²) in [6, 6.07) is 0. The molecule has 0 saturated heterocycles. The second-order valence-electron chi connectivity index (χ2n) is 2.10.